The van der Waals surface area contributed by atoms with Gasteiger partial charge in [-0.25, -0.2) is 0 Å². The van der Waals surface area contributed by atoms with Crippen LogP contribution in [0.2, 0.25) is 0 Å². The van der Waals surface area contributed by atoms with Crippen LogP contribution in [-0.4, -0.2) is 49.9 Å². The van der Waals surface area contributed by atoms with Crippen molar-refractivity contribution < 1.29 is 9.59 Å². The fraction of sp³-hybridized carbons (Fsp3) is 0.833. The molecule has 0 saturated carbocycles. The summed E-state index contributed by atoms with van der Waals surface area (Å²) in [7, 11) is 1.84. The molecule has 0 aromatic carbocycles. The van der Waals surface area contributed by atoms with Crippen LogP contribution in [0, 0.1) is 0 Å². The van der Waals surface area contributed by atoms with Crippen LogP contribution in [0.1, 0.15) is 32.1 Å². The van der Waals surface area contributed by atoms with Gasteiger partial charge in [0.15, 0.2) is 0 Å². The van der Waals surface area contributed by atoms with Gasteiger partial charge in [0.05, 0.1) is 6.54 Å². The van der Waals surface area contributed by atoms with Crippen LogP contribution in [0.15, 0.2) is 0 Å². The van der Waals surface area contributed by atoms with Crippen molar-refractivity contribution in [1.29, 1.82) is 0 Å². The predicted octanol–water partition coefficient (Wildman–Crippen LogP) is 0.536. The number of nitrogens with zero attached hydrogens (tertiary/aromatic N) is 1. The highest BCUT2D eigenvalue weighted by Gasteiger charge is 2.17. The molecule has 1 aliphatic rings. The number of hydrogen-bond acceptors (Lipinski definition) is 3. The van der Waals surface area contributed by atoms with Crippen molar-refractivity contribution in [2.45, 2.75) is 32.1 Å². The number of likely N-dealkylation sites (tertiary alicyclic amines) is 1. The number of carbonyl (C=O) groups is 2. The summed E-state index contributed by atoms with van der Waals surface area (Å²) in [6.07, 6.45) is 4.84. The Bertz CT molecular complexity index is 262. The monoisotopic (exact) mass is 277 g/mol. The number of hydrogen-bond donors (Lipinski definition) is 2. The lowest BCUT2D eigenvalue weighted by atomic mass is 10.1. The molecule has 106 valence electrons. The van der Waals surface area contributed by atoms with Crippen LogP contribution in [0.4, 0.5) is 0 Å². The van der Waals surface area contributed by atoms with Crippen molar-refractivity contribution >= 4 is 24.2 Å². The molecule has 5 nitrogen and oxygen atoms in total. The smallest absolute Gasteiger partial charge is 0.239 e. The van der Waals surface area contributed by atoms with Gasteiger partial charge in [0.25, 0.3) is 0 Å². The lowest BCUT2D eigenvalue weighted by molar-refractivity contribution is -0.136. The molecule has 6 heteroatoms. The Morgan fingerprint density at radius 2 is 1.94 bits per heavy atom. The second-order valence-electron chi connectivity index (χ2n) is 4.43. The van der Waals surface area contributed by atoms with Gasteiger partial charge < -0.3 is 15.5 Å². The van der Waals surface area contributed by atoms with Gasteiger partial charge in [-0.1, -0.05) is 12.8 Å². The van der Waals surface area contributed by atoms with E-state index in [4.69, 9.17) is 0 Å². The highest BCUT2D eigenvalue weighted by molar-refractivity contribution is 5.85. The summed E-state index contributed by atoms with van der Waals surface area (Å²) in [6, 6.07) is 0. The molecule has 0 unspecified atom stereocenters. The van der Waals surface area contributed by atoms with E-state index in [0.717, 1.165) is 38.8 Å². The number of amides is 2. The fourth-order valence-electron chi connectivity index (χ4n) is 1.94. The maximum absolute atomic E-state index is 11.8. The molecule has 1 aliphatic heterocycles. The van der Waals surface area contributed by atoms with Crippen LogP contribution in [-0.2, 0) is 9.59 Å². The van der Waals surface area contributed by atoms with E-state index in [2.05, 4.69) is 10.6 Å². The molecule has 0 bridgehead atoms. The molecule has 0 aromatic rings. The van der Waals surface area contributed by atoms with Gasteiger partial charge in [0.1, 0.15) is 0 Å². The maximum Gasteiger partial charge on any atom is 0.239 e. The first kappa shape index (κ1) is 17.2. The van der Waals surface area contributed by atoms with Crippen LogP contribution in [0.5, 0.6) is 0 Å². The molecule has 0 radical (unpaired) electrons. The summed E-state index contributed by atoms with van der Waals surface area (Å²) in [5.74, 6) is 0.0580. The number of halogens is 1. The second kappa shape index (κ2) is 10.1. The fourth-order valence-corrected chi connectivity index (χ4v) is 1.94. The van der Waals surface area contributed by atoms with Crippen molar-refractivity contribution in [1.82, 2.24) is 15.5 Å². The number of carbonyl (C=O) groups excluding carboxylic acids is 2. The Hall–Kier alpha value is -0.810. The summed E-state index contributed by atoms with van der Waals surface area (Å²) < 4.78 is 0. The third-order valence-electron chi connectivity index (χ3n) is 2.95. The summed E-state index contributed by atoms with van der Waals surface area (Å²) in [5, 5.41) is 5.75. The Kier molecular flexibility index (Phi) is 9.69. The largest absolute Gasteiger partial charge is 0.353 e. The third-order valence-corrected chi connectivity index (χ3v) is 2.95. The van der Waals surface area contributed by atoms with E-state index in [1.165, 1.54) is 0 Å². The maximum atomic E-state index is 11.8. The van der Waals surface area contributed by atoms with Crippen LogP contribution >= 0.6 is 12.4 Å². The molecule has 1 saturated heterocycles. The van der Waals surface area contributed by atoms with Gasteiger partial charge in [-0.3, -0.25) is 9.59 Å². The van der Waals surface area contributed by atoms with Gasteiger partial charge in [0, 0.05) is 26.1 Å². The van der Waals surface area contributed by atoms with E-state index < -0.39 is 0 Å². The molecule has 2 amide bonds. The zero-order chi connectivity index (χ0) is 12.5. The molecule has 1 heterocycles. The Morgan fingerprint density at radius 3 is 2.67 bits per heavy atom. The lowest BCUT2D eigenvalue weighted by Gasteiger charge is -2.24. The number of rotatable bonds is 5. The van der Waals surface area contributed by atoms with Crippen molar-refractivity contribution in [3.8, 4) is 0 Å². The normalized spacial score (nSPS) is 16.5. The Balaban J connectivity index is 0.00000289. The molecule has 0 aromatic heterocycles. The highest BCUT2D eigenvalue weighted by atomic mass is 35.5. The van der Waals surface area contributed by atoms with Gasteiger partial charge >= 0.3 is 0 Å². The van der Waals surface area contributed by atoms with Crippen LogP contribution < -0.4 is 10.6 Å². The highest BCUT2D eigenvalue weighted by Crippen LogP contribution is 2.11. The molecule has 0 aliphatic carbocycles. The number of nitrogens with one attached hydrogen (secondary N) is 2. The van der Waals surface area contributed by atoms with E-state index in [-0.39, 0.29) is 30.8 Å². The van der Waals surface area contributed by atoms with E-state index in [1.54, 1.807) is 4.90 Å². The van der Waals surface area contributed by atoms with E-state index in [1.807, 2.05) is 7.05 Å². The quantitative estimate of drug-likeness (QED) is 0.721. The van der Waals surface area contributed by atoms with Crippen molar-refractivity contribution in [2.75, 3.05) is 33.2 Å². The van der Waals surface area contributed by atoms with E-state index >= 15 is 0 Å². The zero-order valence-electron chi connectivity index (χ0n) is 11.0. The van der Waals surface area contributed by atoms with Crippen molar-refractivity contribution in [3.05, 3.63) is 0 Å². The molecule has 0 spiro atoms. The first-order valence-corrected chi connectivity index (χ1v) is 6.43. The minimum atomic E-state index is -0.0610. The number of likely N-dealkylation sites (N-methyl/N-ethyl adjacent to an activating group) is 1. The van der Waals surface area contributed by atoms with Gasteiger partial charge in [-0.2, -0.15) is 0 Å². The first-order chi connectivity index (χ1) is 8.24. The van der Waals surface area contributed by atoms with Crippen LogP contribution in [0.25, 0.3) is 0 Å². The van der Waals surface area contributed by atoms with Gasteiger partial charge in [0.2, 0.25) is 11.8 Å². The summed E-state index contributed by atoms with van der Waals surface area (Å²) in [5.41, 5.74) is 0. The Morgan fingerprint density at radius 1 is 1.22 bits per heavy atom. The Labute approximate surface area is 115 Å². The minimum Gasteiger partial charge on any atom is -0.353 e. The second-order valence-corrected chi connectivity index (χ2v) is 4.43. The average molecular weight is 278 g/mol. The molecular formula is C12H24ClN3O2. The standard InChI is InChI=1S/C12H23N3O2.ClH/c1-13-7-8-14-11(16)10-15-9-5-3-2-4-6-12(15)17;/h13H,2-10H2,1H3,(H,14,16);1H. The average Bonchev–Trinajstić information content (AvgIpc) is 2.29. The predicted molar refractivity (Wildman–Crippen MR) is 73.8 cm³/mol. The zero-order valence-corrected chi connectivity index (χ0v) is 11.9. The lowest BCUT2D eigenvalue weighted by Crippen LogP contribution is -2.42. The molecule has 1 fully saturated rings. The van der Waals surface area contributed by atoms with Crippen molar-refractivity contribution in [3.63, 3.8) is 0 Å². The molecule has 0 atom stereocenters. The molecular weight excluding hydrogens is 254 g/mol. The SMILES string of the molecule is CNCCNC(=O)CN1CCCCCCC1=O.Cl. The molecule has 2 N–H and O–H groups in total. The third kappa shape index (κ3) is 6.81. The van der Waals surface area contributed by atoms with E-state index in [9.17, 15) is 9.59 Å². The van der Waals surface area contributed by atoms with Crippen LogP contribution in [0.3, 0.4) is 0 Å². The molecule has 18 heavy (non-hydrogen) atoms. The van der Waals surface area contributed by atoms with Gasteiger partial charge in [-0.15, -0.1) is 12.4 Å². The summed E-state index contributed by atoms with van der Waals surface area (Å²) >= 11 is 0. The van der Waals surface area contributed by atoms with Crippen molar-refractivity contribution in [2.24, 2.45) is 0 Å². The van der Waals surface area contributed by atoms with Gasteiger partial charge in [-0.05, 0) is 19.9 Å². The first-order valence-electron chi connectivity index (χ1n) is 6.43. The van der Waals surface area contributed by atoms with E-state index in [0.29, 0.717) is 13.0 Å². The topological polar surface area (TPSA) is 61.4 Å². The summed E-state index contributed by atoms with van der Waals surface area (Å²) in [4.78, 5) is 25.1. The summed E-state index contributed by atoms with van der Waals surface area (Å²) in [6.45, 7) is 2.29. The molecule has 1 rings (SSSR count). The minimum absolute atomic E-state index is 0.